The minimum Gasteiger partial charge on any atom is -0.300 e. The zero-order valence-electron chi connectivity index (χ0n) is 31.5. The minimum absolute atomic E-state index is 0.333. The SMILES string of the molecule is Fc1cc(F)c(F)c(N(c2ccc3c(ccc4cc(N(c5c(F)c(F)c(C(F)(F)F)c(F)c5F)c5c(F)c(F)c(C(F)(F)F)c(F)c5F)ccc43)c2)c2c(F)c(F)c(C(F)(F)F)c(F)c2F)c1F. The van der Waals surface area contributed by atoms with E-state index in [1.807, 2.05) is 0 Å². The fourth-order valence-corrected chi connectivity index (χ4v) is 7.02. The van der Waals surface area contributed by atoms with Gasteiger partial charge in [0.15, 0.2) is 93.1 Å². The molecule has 0 aliphatic carbocycles. The molecule has 0 heterocycles. The largest absolute Gasteiger partial charge is 0.422 e. The van der Waals surface area contributed by atoms with Crippen LogP contribution in [0.2, 0.25) is 0 Å². The molecule has 0 aromatic heterocycles. The molecule has 27 heteroatoms. The first-order valence-electron chi connectivity index (χ1n) is 17.5. The van der Waals surface area contributed by atoms with Gasteiger partial charge in [-0.3, -0.25) is 9.80 Å². The van der Waals surface area contributed by atoms with E-state index in [1.54, 1.807) is 0 Å². The smallest absolute Gasteiger partial charge is 0.300 e. The Bertz CT molecular complexity index is 3090. The fraction of sp³-hybridized carbons (Fsp3) is 0.0732. The number of nitrogens with zero attached hydrogens (tertiary/aromatic N) is 2. The van der Waals surface area contributed by atoms with Crippen molar-refractivity contribution >= 4 is 55.7 Å². The number of fused-ring (bicyclic) bond motifs is 3. The van der Waals surface area contributed by atoms with Crippen molar-refractivity contribution in [2.24, 2.45) is 0 Å². The molecule has 7 aromatic carbocycles. The molecule has 7 aromatic rings. The van der Waals surface area contributed by atoms with Crippen LogP contribution in [0.15, 0.2) is 54.6 Å². The van der Waals surface area contributed by atoms with Crippen LogP contribution in [0.25, 0.3) is 21.5 Å². The van der Waals surface area contributed by atoms with Crippen LogP contribution in [0, 0.1) is 93.1 Å². The molecule has 0 saturated heterocycles. The Kier molecular flexibility index (Phi) is 11.7. The maximum absolute atomic E-state index is 15.6. The van der Waals surface area contributed by atoms with Crippen molar-refractivity contribution in [1.29, 1.82) is 0 Å². The normalized spacial score (nSPS) is 12.5. The molecule has 0 atom stereocenters. The molecule has 0 amide bonds. The maximum Gasteiger partial charge on any atom is 0.422 e. The summed E-state index contributed by atoms with van der Waals surface area (Å²) in [6, 6.07) is 4.03. The monoisotopic (exact) mass is 1000 g/mol. The van der Waals surface area contributed by atoms with Crippen molar-refractivity contribution in [1.82, 2.24) is 0 Å². The van der Waals surface area contributed by atoms with Gasteiger partial charge in [0.1, 0.15) is 39.4 Å². The summed E-state index contributed by atoms with van der Waals surface area (Å²) in [5, 5.41) is -1.68. The third-order valence-corrected chi connectivity index (χ3v) is 9.87. The van der Waals surface area contributed by atoms with Crippen molar-refractivity contribution < 1.29 is 110 Å². The van der Waals surface area contributed by atoms with Gasteiger partial charge in [0.25, 0.3) is 0 Å². The first-order chi connectivity index (χ1) is 31.3. The summed E-state index contributed by atoms with van der Waals surface area (Å²) >= 11 is 0. The number of hydrogen-bond acceptors (Lipinski definition) is 2. The predicted octanol–water partition coefficient (Wildman–Crippen LogP) is 16.2. The lowest BCUT2D eigenvalue weighted by molar-refractivity contribution is -0.144. The van der Waals surface area contributed by atoms with E-state index < -0.39 is 189 Å². The molecule has 0 N–H and O–H groups in total. The Morgan fingerprint density at radius 1 is 0.265 bits per heavy atom. The summed E-state index contributed by atoms with van der Waals surface area (Å²) in [7, 11) is 0. The van der Waals surface area contributed by atoms with E-state index in [0.29, 0.717) is 36.4 Å². The van der Waals surface area contributed by atoms with E-state index in [1.165, 1.54) is 0 Å². The Morgan fingerprint density at radius 3 is 0.735 bits per heavy atom. The van der Waals surface area contributed by atoms with E-state index in [-0.39, 0.29) is 10.8 Å². The summed E-state index contributed by atoms with van der Waals surface area (Å²) in [5.41, 5.74) is -22.4. The topological polar surface area (TPSA) is 6.48 Å². The van der Waals surface area contributed by atoms with Crippen LogP contribution in [-0.4, -0.2) is 0 Å². The molecule has 68 heavy (non-hydrogen) atoms. The lowest BCUT2D eigenvalue weighted by atomic mass is 9.99. The highest BCUT2D eigenvalue weighted by Gasteiger charge is 2.48. The lowest BCUT2D eigenvalue weighted by Gasteiger charge is -2.29. The van der Waals surface area contributed by atoms with Gasteiger partial charge in [-0.25, -0.2) is 70.2 Å². The summed E-state index contributed by atoms with van der Waals surface area (Å²) in [6.07, 6.45) is -18.7. The maximum atomic E-state index is 15.6. The number of hydrogen-bond donors (Lipinski definition) is 0. The number of benzene rings is 7. The van der Waals surface area contributed by atoms with Crippen molar-refractivity contribution in [3.8, 4) is 0 Å². The van der Waals surface area contributed by atoms with Crippen molar-refractivity contribution in [3.63, 3.8) is 0 Å². The third kappa shape index (κ3) is 7.54. The fourth-order valence-electron chi connectivity index (χ4n) is 7.02. The first kappa shape index (κ1) is 48.8. The van der Waals surface area contributed by atoms with Crippen molar-refractivity contribution in [3.05, 3.63) is 164 Å². The summed E-state index contributed by atoms with van der Waals surface area (Å²) in [4.78, 5) is -1.53. The van der Waals surface area contributed by atoms with Gasteiger partial charge in [0.05, 0.1) is 0 Å². The second kappa shape index (κ2) is 16.3. The van der Waals surface area contributed by atoms with Gasteiger partial charge in [-0.05, 0) is 45.8 Å². The molecule has 0 unspecified atom stereocenters. The highest BCUT2D eigenvalue weighted by atomic mass is 19.4. The average Bonchev–Trinajstić information content (AvgIpc) is 3.23. The van der Waals surface area contributed by atoms with E-state index in [2.05, 4.69) is 0 Å². The summed E-state index contributed by atoms with van der Waals surface area (Å²) < 4.78 is 363. The standard InChI is InChI=1S/C41H9F25N2/c42-16-9-17(43)22(45)35(21(16)44)67(36-29(52)23(46)18(39(58,59)60)24(47)30(36)53)12-3-5-14-10(7-12)1-2-11-8-13(4-6-15(11)14)68(37-31(54)25(48)19(40(61,62)63)26(49)32(37)55)38-33(56)27(50)20(41(64,65)66)28(51)34(38)57/h1-9H. The minimum atomic E-state index is -6.27. The van der Waals surface area contributed by atoms with Gasteiger partial charge in [-0.1, -0.05) is 24.3 Å². The van der Waals surface area contributed by atoms with Gasteiger partial charge >= 0.3 is 18.5 Å². The van der Waals surface area contributed by atoms with Gasteiger partial charge < -0.3 is 0 Å². The number of anilines is 6. The first-order valence-corrected chi connectivity index (χ1v) is 17.5. The van der Waals surface area contributed by atoms with Gasteiger partial charge in [-0.2, -0.15) is 39.5 Å². The quantitative estimate of drug-likeness (QED) is 0.0931. The van der Waals surface area contributed by atoms with Crippen LogP contribution in [-0.2, 0) is 18.5 Å². The third-order valence-electron chi connectivity index (χ3n) is 9.87. The Balaban J connectivity index is 1.51. The molecule has 0 spiro atoms. The predicted molar refractivity (Wildman–Crippen MR) is 185 cm³/mol. The molecule has 358 valence electrons. The zero-order chi connectivity index (χ0) is 50.8. The molecular formula is C41H9F25N2. The van der Waals surface area contributed by atoms with Crippen LogP contribution >= 0.6 is 0 Å². The Labute approximate surface area is 358 Å². The van der Waals surface area contributed by atoms with Crippen LogP contribution in [0.5, 0.6) is 0 Å². The molecule has 0 saturated carbocycles. The van der Waals surface area contributed by atoms with E-state index in [9.17, 15) is 74.6 Å². The lowest BCUT2D eigenvalue weighted by Crippen LogP contribution is -2.24. The molecule has 0 radical (unpaired) electrons. The number of rotatable bonds is 6. The van der Waals surface area contributed by atoms with Crippen molar-refractivity contribution in [2.75, 3.05) is 9.80 Å². The van der Waals surface area contributed by atoms with Gasteiger partial charge in [0, 0.05) is 17.4 Å². The van der Waals surface area contributed by atoms with Gasteiger partial charge in [0.2, 0.25) is 0 Å². The van der Waals surface area contributed by atoms with Crippen molar-refractivity contribution in [2.45, 2.75) is 18.5 Å². The average molecular weight is 1000 g/mol. The van der Waals surface area contributed by atoms with Crippen LogP contribution in [0.4, 0.5) is 144 Å². The number of halogens is 25. The second-order valence-corrected chi connectivity index (χ2v) is 13.8. The molecule has 0 fully saturated rings. The Morgan fingerprint density at radius 2 is 0.500 bits per heavy atom. The molecule has 2 nitrogen and oxygen atoms in total. The molecular weight excluding hydrogens is 995 g/mol. The van der Waals surface area contributed by atoms with E-state index in [4.69, 9.17) is 0 Å². The second-order valence-electron chi connectivity index (χ2n) is 13.8. The molecule has 0 aliphatic rings. The summed E-state index contributed by atoms with van der Waals surface area (Å²) in [5.74, 6) is -48.7. The molecule has 0 aliphatic heterocycles. The van der Waals surface area contributed by atoms with E-state index in [0.717, 1.165) is 12.1 Å². The summed E-state index contributed by atoms with van der Waals surface area (Å²) in [6.45, 7) is 0. The molecule has 7 rings (SSSR count). The van der Waals surface area contributed by atoms with Crippen LogP contribution in [0.3, 0.4) is 0 Å². The highest BCUT2D eigenvalue weighted by molar-refractivity contribution is 6.09. The van der Waals surface area contributed by atoms with Crippen LogP contribution in [0.1, 0.15) is 16.7 Å². The highest BCUT2D eigenvalue weighted by Crippen LogP contribution is 2.50. The van der Waals surface area contributed by atoms with Gasteiger partial charge in [-0.15, -0.1) is 0 Å². The van der Waals surface area contributed by atoms with Crippen LogP contribution < -0.4 is 9.80 Å². The molecule has 0 bridgehead atoms. The number of alkyl halides is 9. The van der Waals surface area contributed by atoms with E-state index >= 15 is 35.1 Å². The zero-order valence-corrected chi connectivity index (χ0v) is 31.5. The Hall–Kier alpha value is -7.09.